The van der Waals surface area contributed by atoms with E-state index in [0.29, 0.717) is 6.04 Å². The van der Waals surface area contributed by atoms with Gasteiger partial charge in [-0.15, -0.1) is 0 Å². The van der Waals surface area contributed by atoms with Crippen molar-refractivity contribution in [2.24, 2.45) is 0 Å². The molecular formula is C13H19N. The van der Waals surface area contributed by atoms with Crippen LogP contribution in [0.25, 0.3) is 0 Å². The predicted octanol–water partition coefficient (Wildman–Crippen LogP) is 2.98. The molecule has 0 radical (unpaired) electrons. The van der Waals surface area contributed by atoms with Gasteiger partial charge in [-0.25, -0.2) is 0 Å². The van der Waals surface area contributed by atoms with Crippen molar-refractivity contribution in [2.75, 3.05) is 6.54 Å². The van der Waals surface area contributed by atoms with E-state index in [1.165, 1.54) is 30.5 Å². The maximum atomic E-state index is 3.57. The quantitative estimate of drug-likeness (QED) is 0.754. The second kappa shape index (κ2) is 4.14. The maximum absolute atomic E-state index is 3.57. The highest BCUT2D eigenvalue weighted by atomic mass is 14.9. The monoisotopic (exact) mass is 189 g/mol. The van der Waals surface area contributed by atoms with Gasteiger partial charge in [0.15, 0.2) is 0 Å². The van der Waals surface area contributed by atoms with E-state index in [2.05, 4.69) is 37.4 Å². The van der Waals surface area contributed by atoms with Crippen molar-refractivity contribution in [2.45, 2.75) is 39.2 Å². The Morgan fingerprint density at radius 1 is 1.43 bits per heavy atom. The number of hydrogen-bond donors (Lipinski definition) is 1. The fourth-order valence-electron chi connectivity index (χ4n) is 2.48. The van der Waals surface area contributed by atoms with Crippen molar-refractivity contribution in [3.8, 4) is 0 Å². The zero-order chi connectivity index (χ0) is 9.97. The Balaban J connectivity index is 2.35. The van der Waals surface area contributed by atoms with Crippen LogP contribution in [0.5, 0.6) is 0 Å². The van der Waals surface area contributed by atoms with Crippen molar-refractivity contribution >= 4 is 0 Å². The van der Waals surface area contributed by atoms with Gasteiger partial charge in [0.25, 0.3) is 0 Å². The zero-order valence-electron chi connectivity index (χ0n) is 9.14. The molecule has 76 valence electrons. The lowest BCUT2D eigenvalue weighted by atomic mass is 9.94. The van der Waals surface area contributed by atoms with Crippen LogP contribution >= 0.6 is 0 Å². The minimum atomic E-state index is 0.616. The third-order valence-corrected chi connectivity index (χ3v) is 3.24. The largest absolute Gasteiger partial charge is 0.310 e. The number of benzene rings is 1. The molecule has 1 aliphatic heterocycles. The van der Waals surface area contributed by atoms with Crippen LogP contribution in [0.1, 0.15) is 42.5 Å². The third kappa shape index (κ3) is 1.69. The Morgan fingerprint density at radius 3 is 2.93 bits per heavy atom. The SMILES string of the molecule is CCc1c(C)cccc1[C@@H]1CCCN1. The number of rotatable bonds is 2. The summed E-state index contributed by atoms with van der Waals surface area (Å²) in [6, 6.07) is 7.31. The Hall–Kier alpha value is -0.820. The molecule has 2 rings (SSSR count). The number of aryl methyl sites for hydroxylation is 1. The molecule has 1 atom stereocenters. The molecule has 0 bridgehead atoms. The molecule has 1 heterocycles. The molecule has 0 saturated carbocycles. The Bertz CT molecular complexity index is 311. The van der Waals surface area contributed by atoms with Crippen LogP contribution in [0.15, 0.2) is 18.2 Å². The van der Waals surface area contributed by atoms with E-state index in [0.717, 1.165) is 6.42 Å². The first-order chi connectivity index (χ1) is 6.83. The molecule has 1 saturated heterocycles. The van der Waals surface area contributed by atoms with Gasteiger partial charge >= 0.3 is 0 Å². The predicted molar refractivity (Wildman–Crippen MR) is 60.5 cm³/mol. The van der Waals surface area contributed by atoms with Crippen LogP contribution in [0, 0.1) is 6.92 Å². The molecule has 1 heteroatoms. The summed E-state index contributed by atoms with van der Waals surface area (Å²) in [5.41, 5.74) is 4.52. The first-order valence-electron chi connectivity index (χ1n) is 5.64. The first kappa shape index (κ1) is 9.72. The van der Waals surface area contributed by atoms with Crippen molar-refractivity contribution < 1.29 is 0 Å². The maximum Gasteiger partial charge on any atom is 0.0323 e. The van der Waals surface area contributed by atoms with Crippen LogP contribution in [0.3, 0.4) is 0 Å². The summed E-state index contributed by atoms with van der Waals surface area (Å²) in [5.74, 6) is 0. The highest BCUT2D eigenvalue weighted by molar-refractivity contribution is 5.36. The number of nitrogens with one attached hydrogen (secondary N) is 1. The molecule has 1 N–H and O–H groups in total. The summed E-state index contributed by atoms with van der Waals surface area (Å²) in [6.07, 6.45) is 3.78. The molecular weight excluding hydrogens is 170 g/mol. The normalized spacial score (nSPS) is 21.4. The van der Waals surface area contributed by atoms with Crippen LogP contribution in [0.2, 0.25) is 0 Å². The molecule has 14 heavy (non-hydrogen) atoms. The smallest absolute Gasteiger partial charge is 0.0323 e. The van der Waals surface area contributed by atoms with Gasteiger partial charge in [0.1, 0.15) is 0 Å². The van der Waals surface area contributed by atoms with Gasteiger partial charge in [0, 0.05) is 6.04 Å². The van der Waals surface area contributed by atoms with Crippen LogP contribution in [-0.2, 0) is 6.42 Å². The molecule has 1 aliphatic rings. The molecule has 1 fully saturated rings. The van der Waals surface area contributed by atoms with Gasteiger partial charge in [-0.2, -0.15) is 0 Å². The van der Waals surface area contributed by atoms with Gasteiger partial charge in [-0.1, -0.05) is 25.1 Å². The van der Waals surface area contributed by atoms with Crippen molar-refractivity contribution in [1.82, 2.24) is 5.32 Å². The van der Waals surface area contributed by atoms with Gasteiger partial charge in [-0.3, -0.25) is 0 Å². The average Bonchev–Trinajstić information content (AvgIpc) is 2.70. The van der Waals surface area contributed by atoms with Gasteiger partial charge < -0.3 is 5.32 Å². The van der Waals surface area contributed by atoms with E-state index < -0.39 is 0 Å². The molecule has 0 aromatic heterocycles. The zero-order valence-corrected chi connectivity index (χ0v) is 9.14. The Labute approximate surface area is 86.5 Å². The van der Waals surface area contributed by atoms with E-state index in [-0.39, 0.29) is 0 Å². The van der Waals surface area contributed by atoms with E-state index in [9.17, 15) is 0 Å². The van der Waals surface area contributed by atoms with E-state index in [1.807, 2.05) is 0 Å². The first-order valence-corrected chi connectivity index (χ1v) is 5.64. The molecule has 0 amide bonds. The van der Waals surface area contributed by atoms with Crippen LogP contribution < -0.4 is 5.32 Å². The molecule has 1 aromatic carbocycles. The topological polar surface area (TPSA) is 12.0 Å². The summed E-state index contributed by atoms with van der Waals surface area (Å²) >= 11 is 0. The van der Waals surface area contributed by atoms with E-state index >= 15 is 0 Å². The summed E-state index contributed by atoms with van der Waals surface area (Å²) in [7, 11) is 0. The standard InChI is InChI=1S/C13H19N/c1-3-11-10(2)6-4-7-12(11)13-8-5-9-14-13/h4,6-7,13-14H,3,5,8-9H2,1-2H3/t13-/m0/s1. The summed E-state index contributed by atoms with van der Waals surface area (Å²) in [6.45, 7) is 5.65. The molecule has 1 nitrogen and oxygen atoms in total. The van der Waals surface area contributed by atoms with E-state index in [1.54, 1.807) is 5.56 Å². The Kier molecular flexibility index (Phi) is 2.87. The van der Waals surface area contributed by atoms with Crippen LogP contribution in [-0.4, -0.2) is 6.54 Å². The van der Waals surface area contributed by atoms with Crippen molar-refractivity contribution in [3.63, 3.8) is 0 Å². The molecule has 0 aliphatic carbocycles. The minimum Gasteiger partial charge on any atom is -0.310 e. The fraction of sp³-hybridized carbons (Fsp3) is 0.538. The lowest BCUT2D eigenvalue weighted by Gasteiger charge is -2.16. The Morgan fingerprint density at radius 2 is 2.29 bits per heavy atom. The second-order valence-corrected chi connectivity index (χ2v) is 4.15. The van der Waals surface area contributed by atoms with Crippen molar-refractivity contribution in [3.05, 3.63) is 34.9 Å². The molecule has 0 unspecified atom stereocenters. The van der Waals surface area contributed by atoms with E-state index in [4.69, 9.17) is 0 Å². The van der Waals surface area contributed by atoms with Crippen molar-refractivity contribution in [1.29, 1.82) is 0 Å². The van der Waals surface area contributed by atoms with Gasteiger partial charge in [0.2, 0.25) is 0 Å². The third-order valence-electron chi connectivity index (χ3n) is 3.24. The average molecular weight is 189 g/mol. The van der Waals surface area contributed by atoms with Gasteiger partial charge in [-0.05, 0) is 49.4 Å². The molecule has 1 aromatic rings. The molecule has 0 spiro atoms. The number of hydrogen-bond acceptors (Lipinski definition) is 1. The fourth-order valence-corrected chi connectivity index (χ4v) is 2.48. The second-order valence-electron chi connectivity index (χ2n) is 4.15. The highest BCUT2D eigenvalue weighted by Gasteiger charge is 2.18. The van der Waals surface area contributed by atoms with Gasteiger partial charge in [0.05, 0.1) is 0 Å². The summed E-state index contributed by atoms with van der Waals surface area (Å²) in [4.78, 5) is 0. The lowest BCUT2D eigenvalue weighted by molar-refractivity contribution is 0.640. The lowest BCUT2D eigenvalue weighted by Crippen LogP contribution is -2.15. The highest BCUT2D eigenvalue weighted by Crippen LogP contribution is 2.27. The minimum absolute atomic E-state index is 0.616. The summed E-state index contributed by atoms with van der Waals surface area (Å²) in [5, 5.41) is 3.57. The van der Waals surface area contributed by atoms with Crippen LogP contribution in [0.4, 0.5) is 0 Å². The summed E-state index contributed by atoms with van der Waals surface area (Å²) < 4.78 is 0.